The molecule has 3 N–H and O–H groups in total. The Balaban J connectivity index is 3.20. The van der Waals surface area contributed by atoms with E-state index in [0.29, 0.717) is 0 Å². The Morgan fingerprint density at radius 3 is 2.36 bits per heavy atom. The molecule has 0 aliphatic carbocycles. The molecule has 80 valence electrons. The monoisotopic (exact) mass is 209 g/mol. The summed E-state index contributed by atoms with van der Waals surface area (Å²) in [6.07, 6.45) is -3.81. The van der Waals surface area contributed by atoms with Crippen molar-refractivity contribution in [1.82, 2.24) is 0 Å². The highest BCUT2D eigenvalue weighted by Gasteiger charge is 2.59. The quantitative estimate of drug-likeness (QED) is 0.773. The van der Waals surface area contributed by atoms with Crippen LogP contribution in [0.1, 0.15) is 12.7 Å². The summed E-state index contributed by atoms with van der Waals surface area (Å²) in [5.74, 6) is -0.597. The molecule has 0 aliphatic heterocycles. The highest BCUT2D eigenvalue weighted by atomic mass is 19.4. The van der Waals surface area contributed by atoms with Crippen LogP contribution in [-0.4, -0.2) is 17.3 Å². The van der Waals surface area contributed by atoms with Crippen LogP contribution < -0.4 is 5.73 Å². The van der Waals surface area contributed by atoms with E-state index in [-0.39, 0.29) is 0 Å². The van der Waals surface area contributed by atoms with Crippen LogP contribution in [0, 0.1) is 0 Å². The Morgan fingerprint density at radius 2 is 2.07 bits per heavy atom. The van der Waals surface area contributed by atoms with Crippen LogP contribution in [0.5, 0.6) is 0 Å². The second kappa shape index (κ2) is 3.29. The fourth-order valence-electron chi connectivity index (χ4n) is 1.12. The first-order valence-corrected chi connectivity index (χ1v) is 3.89. The van der Waals surface area contributed by atoms with Gasteiger partial charge in [-0.05, 0) is 19.1 Å². The Bertz CT molecular complexity index is 294. The largest absolute Gasteiger partial charge is 0.466 e. The van der Waals surface area contributed by atoms with Crippen molar-refractivity contribution in [3.8, 4) is 0 Å². The summed E-state index contributed by atoms with van der Waals surface area (Å²) in [7, 11) is 0. The maximum atomic E-state index is 12.5. The predicted molar refractivity (Wildman–Crippen MR) is 42.3 cm³/mol. The van der Waals surface area contributed by atoms with Crippen LogP contribution >= 0.6 is 0 Å². The van der Waals surface area contributed by atoms with Gasteiger partial charge in [0.1, 0.15) is 5.76 Å². The maximum Gasteiger partial charge on any atom is 0.426 e. The van der Waals surface area contributed by atoms with Crippen LogP contribution in [0.3, 0.4) is 0 Å². The summed E-state index contributed by atoms with van der Waals surface area (Å²) in [5.41, 5.74) is 1.99. The molecule has 0 aliphatic rings. The van der Waals surface area contributed by atoms with Gasteiger partial charge in [0.2, 0.25) is 5.60 Å². The summed E-state index contributed by atoms with van der Waals surface area (Å²) < 4.78 is 42.1. The fraction of sp³-hybridized carbons (Fsp3) is 0.500. The smallest absolute Gasteiger partial charge is 0.426 e. The van der Waals surface area contributed by atoms with E-state index in [0.717, 1.165) is 19.3 Å². The van der Waals surface area contributed by atoms with Gasteiger partial charge in [-0.15, -0.1) is 0 Å². The second-order valence-corrected chi connectivity index (χ2v) is 3.03. The van der Waals surface area contributed by atoms with Crippen LogP contribution in [0.15, 0.2) is 22.8 Å². The molecule has 1 aromatic heterocycles. The number of alkyl halides is 3. The van der Waals surface area contributed by atoms with Gasteiger partial charge in [-0.1, -0.05) is 0 Å². The Labute approximate surface area is 78.3 Å². The van der Waals surface area contributed by atoms with Crippen molar-refractivity contribution in [2.75, 3.05) is 0 Å². The SMILES string of the molecule is CC(N)C(O)(c1ccco1)C(F)(F)F. The summed E-state index contributed by atoms with van der Waals surface area (Å²) in [6, 6.07) is 0.791. The van der Waals surface area contributed by atoms with E-state index in [1.54, 1.807) is 0 Å². The van der Waals surface area contributed by atoms with Crippen molar-refractivity contribution in [1.29, 1.82) is 0 Å². The van der Waals surface area contributed by atoms with Crippen molar-refractivity contribution in [3.05, 3.63) is 24.2 Å². The molecular formula is C8H10F3NO2. The molecule has 0 spiro atoms. The third-order valence-electron chi connectivity index (χ3n) is 1.99. The van der Waals surface area contributed by atoms with Gasteiger partial charge < -0.3 is 15.3 Å². The molecule has 0 radical (unpaired) electrons. The summed E-state index contributed by atoms with van der Waals surface area (Å²) in [5, 5.41) is 9.44. The number of hydrogen-bond acceptors (Lipinski definition) is 3. The lowest BCUT2D eigenvalue weighted by Gasteiger charge is -2.31. The first kappa shape index (κ1) is 11.1. The van der Waals surface area contributed by atoms with Crippen molar-refractivity contribution in [3.63, 3.8) is 0 Å². The summed E-state index contributed by atoms with van der Waals surface area (Å²) in [4.78, 5) is 0. The number of aliphatic hydroxyl groups is 1. The average molecular weight is 209 g/mol. The van der Waals surface area contributed by atoms with E-state index in [2.05, 4.69) is 4.42 Å². The molecule has 6 heteroatoms. The van der Waals surface area contributed by atoms with Gasteiger partial charge in [0.25, 0.3) is 0 Å². The van der Waals surface area contributed by atoms with Gasteiger partial charge >= 0.3 is 6.18 Å². The van der Waals surface area contributed by atoms with Gasteiger partial charge in [0.05, 0.1) is 6.26 Å². The zero-order valence-electron chi connectivity index (χ0n) is 7.38. The number of hydrogen-bond donors (Lipinski definition) is 2. The minimum absolute atomic E-state index is 0.597. The minimum atomic E-state index is -4.86. The van der Waals surface area contributed by atoms with E-state index >= 15 is 0 Å². The number of nitrogens with two attached hydrogens (primary N) is 1. The Morgan fingerprint density at radius 1 is 1.50 bits per heavy atom. The van der Waals surface area contributed by atoms with Gasteiger partial charge in [-0.2, -0.15) is 13.2 Å². The molecule has 0 amide bonds. The lowest BCUT2D eigenvalue weighted by molar-refractivity contribution is -0.278. The number of furan rings is 1. The van der Waals surface area contributed by atoms with Crippen LogP contribution in [0.2, 0.25) is 0 Å². The maximum absolute atomic E-state index is 12.5. The normalized spacial score (nSPS) is 19.0. The molecule has 2 unspecified atom stereocenters. The average Bonchev–Trinajstić information content (AvgIpc) is 2.52. The minimum Gasteiger partial charge on any atom is -0.466 e. The molecule has 0 saturated carbocycles. The first-order valence-electron chi connectivity index (χ1n) is 3.89. The lowest BCUT2D eigenvalue weighted by atomic mass is 9.92. The van der Waals surface area contributed by atoms with Gasteiger partial charge in [-0.3, -0.25) is 0 Å². The van der Waals surface area contributed by atoms with Crippen molar-refractivity contribution in [2.45, 2.75) is 24.7 Å². The Hall–Kier alpha value is -1.01. The zero-order valence-corrected chi connectivity index (χ0v) is 7.38. The van der Waals surface area contributed by atoms with Crippen molar-refractivity contribution in [2.24, 2.45) is 5.73 Å². The van der Waals surface area contributed by atoms with E-state index in [1.807, 2.05) is 0 Å². The third kappa shape index (κ3) is 1.51. The highest BCUT2D eigenvalue weighted by molar-refractivity contribution is 5.15. The van der Waals surface area contributed by atoms with Crippen LogP contribution in [0.25, 0.3) is 0 Å². The molecule has 1 aromatic rings. The summed E-state index contributed by atoms with van der Waals surface area (Å²) in [6.45, 7) is 1.07. The molecule has 2 atom stereocenters. The standard InChI is InChI=1S/C8H10F3NO2/c1-5(12)7(13,8(9,10)11)6-3-2-4-14-6/h2-5,13H,12H2,1H3. The molecular weight excluding hydrogens is 199 g/mol. The zero-order chi connectivity index (χ0) is 11.0. The highest BCUT2D eigenvalue weighted by Crippen LogP contribution is 2.40. The molecule has 0 aromatic carbocycles. The summed E-state index contributed by atoms with van der Waals surface area (Å²) >= 11 is 0. The first-order chi connectivity index (χ1) is 6.30. The van der Waals surface area contributed by atoms with E-state index in [4.69, 9.17) is 5.73 Å². The molecule has 1 heterocycles. The van der Waals surface area contributed by atoms with Crippen molar-refractivity contribution < 1.29 is 22.7 Å². The molecule has 0 saturated heterocycles. The molecule has 3 nitrogen and oxygen atoms in total. The van der Waals surface area contributed by atoms with Crippen LogP contribution in [0.4, 0.5) is 13.2 Å². The van der Waals surface area contributed by atoms with Crippen LogP contribution in [-0.2, 0) is 5.60 Å². The predicted octanol–water partition coefficient (Wildman–Crippen LogP) is 1.38. The molecule has 0 fully saturated rings. The van der Waals surface area contributed by atoms with E-state index in [1.165, 1.54) is 6.07 Å². The second-order valence-electron chi connectivity index (χ2n) is 3.03. The molecule has 14 heavy (non-hydrogen) atoms. The third-order valence-corrected chi connectivity index (χ3v) is 1.99. The van der Waals surface area contributed by atoms with E-state index < -0.39 is 23.6 Å². The number of halogens is 3. The van der Waals surface area contributed by atoms with Crippen molar-refractivity contribution >= 4 is 0 Å². The van der Waals surface area contributed by atoms with Gasteiger partial charge in [0.15, 0.2) is 0 Å². The molecule has 0 bridgehead atoms. The van der Waals surface area contributed by atoms with Gasteiger partial charge in [0, 0.05) is 6.04 Å². The topological polar surface area (TPSA) is 59.4 Å². The van der Waals surface area contributed by atoms with E-state index in [9.17, 15) is 18.3 Å². The fourth-order valence-corrected chi connectivity index (χ4v) is 1.12. The lowest BCUT2D eigenvalue weighted by Crippen LogP contribution is -2.54. The molecule has 1 rings (SSSR count). The Kier molecular flexibility index (Phi) is 2.60. The van der Waals surface area contributed by atoms with Gasteiger partial charge in [-0.25, -0.2) is 0 Å². The number of rotatable bonds is 2.